The second-order valence-corrected chi connectivity index (χ2v) is 6.55. The highest BCUT2D eigenvalue weighted by molar-refractivity contribution is 5.80. The molecule has 0 aliphatic carbocycles. The molecule has 1 aliphatic heterocycles. The van der Waals surface area contributed by atoms with E-state index in [0.717, 1.165) is 32.4 Å². The Bertz CT molecular complexity index is 365. The van der Waals surface area contributed by atoms with Crippen molar-refractivity contribution >= 4 is 12.0 Å². The van der Waals surface area contributed by atoms with Crippen LogP contribution < -0.4 is 5.32 Å². The summed E-state index contributed by atoms with van der Waals surface area (Å²) in [5, 5.41) is 11.9. The first-order chi connectivity index (χ1) is 9.77. The highest BCUT2D eigenvalue weighted by Crippen LogP contribution is 2.29. The highest BCUT2D eigenvalue weighted by atomic mass is 16.4. The first kappa shape index (κ1) is 17.8. The summed E-state index contributed by atoms with van der Waals surface area (Å²) in [6, 6.07) is -0.349. The van der Waals surface area contributed by atoms with Gasteiger partial charge in [-0.05, 0) is 51.7 Å². The lowest BCUT2D eigenvalue weighted by Crippen LogP contribution is -2.51. The van der Waals surface area contributed by atoms with Crippen LogP contribution in [0.2, 0.25) is 0 Å². The minimum Gasteiger partial charge on any atom is -0.480 e. The van der Waals surface area contributed by atoms with Crippen LogP contribution in [0.5, 0.6) is 0 Å². The number of carboxylic acid groups (broad SMARTS) is 1. The van der Waals surface area contributed by atoms with Gasteiger partial charge in [0.25, 0.3) is 0 Å². The molecule has 1 saturated heterocycles. The summed E-state index contributed by atoms with van der Waals surface area (Å²) in [4.78, 5) is 26.9. The third kappa shape index (κ3) is 5.53. The molecule has 6 heteroatoms. The predicted octanol–water partition coefficient (Wildman–Crippen LogP) is 1.61. The zero-order valence-corrected chi connectivity index (χ0v) is 13.7. The summed E-state index contributed by atoms with van der Waals surface area (Å²) in [5.74, 6) is -0.976. The quantitative estimate of drug-likeness (QED) is 0.781. The molecule has 1 unspecified atom stereocenters. The topological polar surface area (TPSA) is 72.9 Å². The number of nitrogens with zero attached hydrogens (tertiary/aromatic N) is 2. The maximum absolute atomic E-state index is 12.3. The van der Waals surface area contributed by atoms with Gasteiger partial charge < -0.3 is 20.2 Å². The van der Waals surface area contributed by atoms with Crippen LogP contribution in [0.4, 0.5) is 4.79 Å². The Labute approximate surface area is 127 Å². The van der Waals surface area contributed by atoms with Crippen molar-refractivity contribution in [1.82, 2.24) is 15.1 Å². The Hall–Kier alpha value is -1.30. The van der Waals surface area contributed by atoms with Crippen molar-refractivity contribution in [2.45, 2.75) is 46.1 Å². The van der Waals surface area contributed by atoms with Crippen LogP contribution in [0.3, 0.4) is 0 Å². The van der Waals surface area contributed by atoms with E-state index in [1.54, 1.807) is 0 Å². The molecule has 1 rings (SSSR count). The highest BCUT2D eigenvalue weighted by Gasteiger charge is 2.30. The molecule has 1 heterocycles. The van der Waals surface area contributed by atoms with Crippen LogP contribution in [0, 0.1) is 5.41 Å². The van der Waals surface area contributed by atoms with Crippen molar-refractivity contribution in [2.24, 2.45) is 5.41 Å². The minimum absolute atomic E-state index is 0.0774. The van der Waals surface area contributed by atoms with Crippen LogP contribution in [-0.4, -0.2) is 66.2 Å². The number of hydrogen-bond acceptors (Lipinski definition) is 3. The monoisotopic (exact) mass is 299 g/mol. The molecule has 6 nitrogen and oxygen atoms in total. The summed E-state index contributed by atoms with van der Waals surface area (Å²) >= 11 is 0. The van der Waals surface area contributed by atoms with Gasteiger partial charge in [-0.25, -0.2) is 4.79 Å². The van der Waals surface area contributed by atoms with Gasteiger partial charge in [-0.15, -0.1) is 0 Å². The predicted molar refractivity (Wildman–Crippen MR) is 82.3 cm³/mol. The van der Waals surface area contributed by atoms with Crippen molar-refractivity contribution in [2.75, 3.05) is 33.2 Å². The van der Waals surface area contributed by atoms with E-state index in [0.29, 0.717) is 6.54 Å². The number of nitrogens with one attached hydrogen (secondary N) is 1. The van der Waals surface area contributed by atoms with E-state index in [4.69, 9.17) is 5.11 Å². The number of carbonyl (C=O) groups excluding carboxylic acids is 1. The lowest BCUT2D eigenvalue weighted by atomic mass is 9.80. The number of carbonyl (C=O) groups is 2. The third-order valence-corrected chi connectivity index (χ3v) is 4.55. The number of piperidine rings is 1. The zero-order chi connectivity index (χ0) is 16.0. The Morgan fingerprint density at radius 2 is 1.95 bits per heavy atom. The van der Waals surface area contributed by atoms with E-state index in [2.05, 4.69) is 24.2 Å². The van der Waals surface area contributed by atoms with Crippen LogP contribution in [0.1, 0.15) is 40.0 Å². The SMILES string of the molecule is CCC(C)N(CC(=O)O)C(=O)NCC1(C)CCN(C)CC1. The molecular weight excluding hydrogens is 270 g/mol. The smallest absolute Gasteiger partial charge is 0.323 e. The molecule has 1 aliphatic rings. The molecule has 1 atom stereocenters. The minimum atomic E-state index is -0.976. The summed E-state index contributed by atoms with van der Waals surface area (Å²) in [6.07, 6.45) is 2.83. The van der Waals surface area contributed by atoms with Gasteiger partial charge >= 0.3 is 12.0 Å². The average molecular weight is 299 g/mol. The number of hydrogen-bond donors (Lipinski definition) is 2. The number of amides is 2. The second-order valence-electron chi connectivity index (χ2n) is 6.55. The largest absolute Gasteiger partial charge is 0.480 e. The standard InChI is InChI=1S/C15H29N3O3/c1-5-12(2)18(10-13(19)20)14(21)16-11-15(3)6-8-17(4)9-7-15/h12H,5-11H2,1-4H3,(H,16,21)(H,19,20). The van der Waals surface area contributed by atoms with Crippen molar-refractivity contribution < 1.29 is 14.7 Å². The number of likely N-dealkylation sites (tertiary alicyclic amines) is 1. The molecular formula is C15H29N3O3. The first-order valence-electron chi connectivity index (χ1n) is 7.72. The lowest BCUT2D eigenvalue weighted by molar-refractivity contribution is -0.138. The molecule has 1 fully saturated rings. The van der Waals surface area contributed by atoms with Gasteiger partial charge in [-0.3, -0.25) is 4.79 Å². The Morgan fingerprint density at radius 1 is 1.38 bits per heavy atom. The van der Waals surface area contributed by atoms with Crippen LogP contribution in [0.15, 0.2) is 0 Å². The van der Waals surface area contributed by atoms with E-state index in [9.17, 15) is 9.59 Å². The van der Waals surface area contributed by atoms with Crippen molar-refractivity contribution in [3.05, 3.63) is 0 Å². The van der Waals surface area contributed by atoms with Gasteiger partial charge in [0.1, 0.15) is 6.54 Å². The fourth-order valence-corrected chi connectivity index (χ4v) is 2.52. The molecule has 0 aromatic carbocycles. The number of carboxylic acids is 1. The molecule has 2 N–H and O–H groups in total. The van der Waals surface area contributed by atoms with Gasteiger partial charge in [0.05, 0.1) is 0 Å². The molecule has 0 radical (unpaired) electrons. The molecule has 21 heavy (non-hydrogen) atoms. The fourth-order valence-electron chi connectivity index (χ4n) is 2.52. The van der Waals surface area contributed by atoms with Crippen molar-refractivity contribution in [3.8, 4) is 0 Å². The van der Waals surface area contributed by atoms with Gasteiger partial charge in [0.15, 0.2) is 0 Å². The van der Waals surface area contributed by atoms with E-state index in [1.165, 1.54) is 4.90 Å². The zero-order valence-electron chi connectivity index (χ0n) is 13.7. The maximum atomic E-state index is 12.3. The van der Waals surface area contributed by atoms with E-state index in [1.807, 2.05) is 13.8 Å². The van der Waals surface area contributed by atoms with Crippen LogP contribution >= 0.6 is 0 Å². The van der Waals surface area contributed by atoms with E-state index < -0.39 is 5.97 Å². The van der Waals surface area contributed by atoms with E-state index in [-0.39, 0.29) is 24.0 Å². The summed E-state index contributed by atoms with van der Waals surface area (Å²) in [6.45, 7) is 8.44. The number of rotatable bonds is 6. The summed E-state index contributed by atoms with van der Waals surface area (Å²) < 4.78 is 0. The first-order valence-corrected chi connectivity index (χ1v) is 7.72. The molecule has 0 bridgehead atoms. The van der Waals surface area contributed by atoms with Gasteiger partial charge in [-0.2, -0.15) is 0 Å². The molecule has 0 aromatic rings. The Balaban J connectivity index is 2.55. The molecule has 122 valence electrons. The Kier molecular flexibility index (Phi) is 6.45. The lowest BCUT2D eigenvalue weighted by Gasteiger charge is -2.38. The molecule has 0 aromatic heterocycles. The van der Waals surface area contributed by atoms with Gasteiger partial charge in [-0.1, -0.05) is 13.8 Å². The fraction of sp³-hybridized carbons (Fsp3) is 0.867. The summed E-state index contributed by atoms with van der Waals surface area (Å²) in [5.41, 5.74) is 0.104. The second kappa shape index (κ2) is 7.64. The Morgan fingerprint density at radius 3 is 2.43 bits per heavy atom. The number of aliphatic carboxylic acids is 1. The van der Waals surface area contributed by atoms with Crippen molar-refractivity contribution in [1.29, 1.82) is 0 Å². The maximum Gasteiger partial charge on any atom is 0.323 e. The third-order valence-electron chi connectivity index (χ3n) is 4.55. The molecule has 0 spiro atoms. The van der Waals surface area contributed by atoms with E-state index >= 15 is 0 Å². The summed E-state index contributed by atoms with van der Waals surface area (Å²) in [7, 11) is 2.11. The van der Waals surface area contributed by atoms with Gasteiger partial charge in [0.2, 0.25) is 0 Å². The average Bonchev–Trinajstić information content (AvgIpc) is 2.45. The van der Waals surface area contributed by atoms with Crippen LogP contribution in [0.25, 0.3) is 0 Å². The van der Waals surface area contributed by atoms with Crippen LogP contribution in [-0.2, 0) is 4.79 Å². The number of urea groups is 1. The van der Waals surface area contributed by atoms with Gasteiger partial charge in [0, 0.05) is 12.6 Å². The van der Waals surface area contributed by atoms with Crippen molar-refractivity contribution in [3.63, 3.8) is 0 Å². The molecule has 0 saturated carbocycles. The normalized spacial score (nSPS) is 19.8. The molecule has 2 amide bonds.